The minimum atomic E-state index is 0.201. The van der Waals surface area contributed by atoms with E-state index in [4.69, 9.17) is 4.74 Å². The van der Waals surface area contributed by atoms with Crippen molar-refractivity contribution in [2.45, 2.75) is 26.4 Å². The third kappa shape index (κ3) is 4.32. The predicted octanol–water partition coefficient (Wildman–Crippen LogP) is 1.75. The quantitative estimate of drug-likeness (QED) is 0.839. The van der Waals surface area contributed by atoms with Gasteiger partial charge in [0.1, 0.15) is 0 Å². The normalized spacial score (nSPS) is 21.1. The van der Waals surface area contributed by atoms with Crippen molar-refractivity contribution in [1.82, 2.24) is 14.7 Å². The molecule has 128 valence electrons. The van der Waals surface area contributed by atoms with Crippen LogP contribution in [-0.4, -0.2) is 79.1 Å². The second kappa shape index (κ2) is 7.75. The molecular formula is C17H27N3O2S. The van der Waals surface area contributed by atoms with Crippen LogP contribution in [0.15, 0.2) is 12.1 Å². The van der Waals surface area contributed by atoms with Crippen LogP contribution in [0, 0.1) is 0 Å². The van der Waals surface area contributed by atoms with Crippen LogP contribution < -0.4 is 0 Å². The van der Waals surface area contributed by atoms with Crippen LogP contribution in [0.5, 0.6) is 0 Å². The Morgan fingerprint density at radius 1 is 1.13 bits per heavy atom. The maximum atomic E-state index is 12.7. The first-order valence-corrected chi connectivity index (χ1v) is 9.37. The van der Waals surface area contributed by atoms with Crippen molar-refractivity contribution >= 4 is 17.2 Å². The summed E-state index contributed by atoms with van der Waals surface area (Å²) in [5.74, 6) is 0.201. The van der Waals surface area contributed by atoms with Crippen LogP contribution in [0.25, 0.3) is 0 Å². The largest absolute Gasteiger partial charge is 0.379 e. The molecule has 0 spiro atoms. The molecule has 0 unspecified atom stereocenters. The van der Waals surface area contributed by atoms with Crippen molar-refractivity contribution in [2.24, 2.45) is 0 Å². The average Bonchev–Trinajstić information content (AvgIpc) is 3.03. The molecule has 0 atom stereocenters. The van der Waals surface area contributed by atoms with Gasteiger partial charge in [0.2, 0.25) is 0 Å². The van der Waals surface area contributed by atoms with Crippen molar-refractivity contribution in [2.75, 3.05) is 52.5 Å². The third-order valence-electron chi connectivity index (χ3n) is 4.69. The molecule has 2 aliphatic heterocycles. The van der Waals surface area contributed by atoms with Crippen LogP contribution in [-0.2, 0) is 11.3 Å². The second-order valence-corrected chi connectivity index (χ2v) is 7.74. The molecule has 6 heteroatoms. The fourth-order valence-corrected chi connectivity index (χ4v) is 4.17. The molecule has 23 heavy (non-hydrogen) atoms. The highest BCUT2D eigenvalue weighted by Gasteiger charge is 2.24. The zero-order valence-electron chi connectivity index (χ0n) is 14.2. The Morgan fingerprint density at radius 2 is 1.83 bits per heavy atom. The van der Waals surface area contributed by atoms with E-state index in [0.717, 1.165) is 63.9 Å². The molecule has 0 saturated carbocycles. The topological polar surface area (TPSA) is 36.0 Å². The molecule has 0 bridgehead atoms. The first kappa shape index (κ1) is 16.9. The zero-order valence-corrected chi connectivity index (χ0v) is 15.0. The van der Waals surface area contributed by atoms with Crippen molar-refractivity contribution in [1.29, 1.82) is 0 Å². The summed E-state index contributed by atoms with van der Waals surface area (Å²) in [6.45, 7) is 12.6. The van der Waals surface area contributed by atoms with E-state index in [0.29, 0.717) is 6.04 Å². The maximum Gasteiger partial charge on any atom is 0.264 e. The first-order chi connectivity index (χ1) is 11.1. The van der Waals surface area contributed by atoms with E-state index in [1.165, 1.54) is 4.88 Å². The third-order valence-corrected chi connectivity index (χ3v) is 5.75. The first-order valence-electron chi connectivity index (χ1n) is 8.55. The maximum absolute atomic E-state index is 12.7. The Balaban J connectivity index is 1.54. The number of piperazine rings is 1. The molecule has 2 fully saturated rings. The van der Waals surface area contributed by atoms with Crippen LogP contribution in [0.1, 0.15) is 28.4 Å². The molecule has 2 aliphatic rings. The van der Waals surface area contributed by atoms with Crippen LogP contribution >= 0.6 is 11.3 Å². The number of hydrogen-bond donors (Lipinski definition) is 0. The van der Waals surface area contributed by atoms with Gasteiger partial charge >= 0.3 is 0 Å². The lowest BCUT2D eigenvalue weighted by Gasteiger charge is -2.36. The van der Waals surface area contributed by atoms with Gasteiger partial charge in [-0.05, 0) is 26.0 Å². The number of thiophene rings is 1. The van der Waals surface area contributed by atoms with Gasteiger partial charge in [-0.1, -0.05) is 0 Å². The number of ether oxygens (including phenoxy) is 1. The van der Waals surface area contributed by atoms with E-state index < -0.39 is 0 Å². The van der Waals surface area contributed by atoms with Crippen molar-refractivity contribution in [3.05, 3.63) is 21.9 Å². The Morgan fingerprint density at radius 3 is 2.48 bits per heavy atom. The van der Waals surface area contributed by atoms with Crippen LogP contribution in [0.3, 0.4) is 0 Å². The van der Waals surface area contributed by atoms with E-state index in [2.05, 4.69) is 29.7 Å². The Bertz CT molecular complexity index is 518. The minimum absolute atomic E-state index is 0.201. The second-order valence-electron chi connectivity index (χ2n) is 6.58. The number of rotatable bonds is 4. The van der Waals surface area contributed by atoms with Crippen LogP contribution in [0.4, 0.5) is 0 Å². The number of amides is 1. The summed E-state index contributed by atoms with van der Waals surface area (Å²) >= 11 is 1.65. The molecule has 0 aliphatic carbocycles. The molecule has 5 nitrogen and oxygen atoms in total. The van der Waals surface area contributed by atoms with Crippen molar-refractivity contribution in [3.63, 3.8) is 0 Å². The number of carbonyl (C=O) groups excluding carboxylic acids is 1. The number of nitrogens with zero attached hydrogens (tertiary/aromatic N) is 3. The highest BCUT2D eigenvalue weighted by Crippen LogP contribution is 2.21. The lowest BCUT2D eigenvalue weighted by atomic mass is 10.2. The minimum Gasteiger partial charge on any atom is -0.379 e. The summed E-state index contributed by atoms with van der Waals surface area (Å²) in [7, 11) is 0. The number of carbonyl (C=O) groups is 1. The summed E-state index contributed by atoms with van der Waals surface area (Å²) in [6.07, 6.45) is 0. The van der Waals surface area contributed by atoms with Crippen molar-refractivity contribution in [3.8, 4) is 0 Å². The summed E-state index contributed by atoms with van der Waals surface area (Å²) in [5.41, 5.74) is 0. The lowest BCUT2D eigenvalue weighted by Crippen LogP contribution is -2.50. The van der Waals surface area contributed by atoms with Gasteiger partial charge in [0.25, 0.3) is 5.91 Å². The number of morpholine rings is 1. The smallest absolute Gasteiger partial charge is 0.264 e. The summed E-state index contributed by atoms with van der Waals surface area (Å²) < 4.78 is 5.38. The SMILES string of the molecule is CC(C)N1CCN(C(=O)c2ccc(CN3CCOCC3)s2)CC1. The van der Waals surface area contributed by atoms with Crippen LogP contribution in [0.2, 0.25) is 0 Å². The average molecular weight is 337 g/mol. The Kier molecular flexibility index (Phi) is 5.69. The van der Waals surface area contributed by atoms with Gasteiger partial charge in [-0.3, -0.25) is 14.6 Å². The molecule has 0 radical (unpaired) electrons. The molecule has 1 aromatic rings. The molecule has 0 aromatic carbocycles. The van der Waals surface area contributed by atoms with E-state index in [1.54, 1.807) is 11.3 Å². The number of hydrogen-bond acceptors (Lipinski definition) is 5. The van der Waals surface area contributed by atoms with E-state index in [-0.39, 0.29) is 5.91 Å². The summed E-state index contributed by atoms with van der Waals surface area (Å²) in [4.78, 5) is 21.7. The monoisotopic (exact) mass is 337 g/mol. The molecule has 3 rings (SSSR count). The molecule has 1 aromatic heterocycles. The van der Waals surface area contributed by atoms with Gasteiger partial charge in [0.05, 0.1) is 18.1 Å². The van der Waals surface area contributed by atoms with E-state index in [9.17, 15) is 4.79 Å². The molecule has 2 saturated heterocycles. The highest BCUT2D eigenvalue weighted by molar-refractivity contribution is 7.14. The Hall–Kier alpha value is -0.950. The predicted molar refractivity (Wildman–Crippen MR) is 93.0 cm³/mol. The molecule has 0 N–H and O–H groups in total. The lowest BCUT2D eigenvalue weighted by molar-refractivity contribution is 0.0346. The standard InChI is InChI=1S/C17H27N3O2S/c1-14(2)19-5-7-20(8-6-19)17(21)16-4-3-15(23-16)13-18-9-11-22-12-10-18/h3-4,14H,5-13H2,1-2H3. The summed E-state index contributed by atoms with van der Waals surface area (Å²) in [5, 5.41) is 0. The van der Waals surface area contributed by atoms with Gasteiger partial charge in [0.15, 0.2) is 0 Å². The summed E-state index contributed by atoms with van der Waals surface area (Å²) in [6, 6.07) is 4.67. The van der Waals surface area contributed by atoms with Gasteiger partial charge in [-0.25, -0.2) is 0 Å². The van der Waals surface area contributed by atoms with Crippen molar-refractivity contribution < 1.29 is 9.53 Å². The fraction of sp³-hybridized carbons (Fsp3) is 0.706. The molecule has 1 amide bonds. The molecule has 3 heterocycles. The van der Waals surface area contributed by atoms with E-state index >= 15 is 0 Å². The van der Waals surface area contributed by atoms with Gasteiger partial charge < -0.3 is 9.64 Å². The highest BCUT2D eigenvalue weighted by atomic mass is 32.1. The van der Waals surface area contributed by atoms with Gasteiger partial charge in [0, 0.05) is 56.7 Å². The molecular weight excluding hydrogens is 310 g/mol. The fourth-order valence-electron chi connectivity index (χ4n) is 3.15. The Labute approximate surface area is 142 Å². The van der Waals surface area contributed by atoms with Gasteiger partial charge in [-0.15, -0.1) is 11.3 Å². The zero-order chi connectivity index (χ0) is 16.2. The van der Waals surface area contributed by atoms with Gasteiger partial charge in [-0.2, -0.15) is 0 Å². The van der Waals surface area contributed by atoms with E-state index in [1.807, 2.05) is 11.0 Å².